The van der Waals surface area contributed by atoms with Gasteiger partial charge in [0.2, 0.25) is 0 Å². The molecule has 0 bridgehead atoms. The third-order valence-electron chi connectivity index (χ3n) is 13.4. The van der Waals surface area contributed by atoms with Crippen LogP contribution in [0.4, 0.5) is 0 Å². The summed E-state index contributed by atoms with van der Waals surface area (Å²) in [5.41, 5.74) is 13.3. The van der Waals surface area contributed by atoms with Gasteiger partial charge in [0.05, 0.1) is 31.8 Å². The van der Waals surface area contributed by atoms with Gasteiger partial charge in [0.25, 0.3) is 0 Å². The van der Waals surface area contributed by atoms with E-state index in [-0.39, 0.29) is 20.1 Å². The van der Waals surface area contributed by atoms with E-state index in [1.54, 1.807) is 0 Å². The molecule has 0 unspecified atom stereocenters. The molecule has 7 aromatic rings. The third-order valence-corrected chi connectivity index (χ3v) is 13.4. The van der Waals surface area contributed by atoms with Gasteiger partial charge in [0.1, 0.15) is 0 Å². The maximum atomic E-state index is 6.77. The summed E-state index contributed by atoms with van der Waals surface area (Å²) in [6.07, 6.45) is 14.9. The van der Waals surface area contributed by atoms with Crippen LogP contribution in [0.5, 0.6) is 23.0 Å². The topological polar surface area (TPSA) is 49.8 Å². The van der Waals surface area contributed by atoms with Crippen LogP contribution >= 0.6 is 0 Å². The zero-order valence-corrected chi connectivity index (χ0v) is 41.7. The second-order valence-corrected chi connectivity index (χ2v) is 17.8. The van der Waals surface area contributed by atoms with E-state index in [1.807, 2.05) is 12.3 Å². The van der Waals surface area contributed by atoms with Gasteiger partial charge < -0.3 is 23.9 Å². The molecule has 1 aromatic heterocycles. The molecular formula is C60H64IrNO4-. The molecular weight excluding hydrogens is 991 g/mol. The zero-order chi connectivity index (χ0) is 44.6. The van der Waals surface area contributed by atoms with Crippen LogP contribution in [-0.2, 0) is 25.5 Å². The molecule has 66 heavy (non-hydrogen) atoms. The fourth-order valence-electron chi connectivity index (χ4n) is 10.1. The molecule has 343 valence electrons. The van der Waals surface area contributed by atoms with Gasteiger partial charge in [-0.1, -0.05) is 140 Å². The number of hydrogen-bond donors (Lipinski definition) is 0. The number of nitrogens with zero attached hydrogens (tertiary/aromatic N) is 1. The Morgan fingerprint density at radius 1 is 0.455 bits per heavy atom. The monoisotopic (exact) mass is 1060 g/mol. The Morgan fingerprint density at radius 2 is 0.955 bits per heavy atom. The molecule has 9 rings (SSSR count). The minimum Gasteiger partial charge on any atom is -0.490 e. The smallest absolute Gasteiger partial charge is 0.161 e. The Hall–Kier alpha value is -5.42. The fraction of sp³-hybridized carbons (Fsp3) is 0.350. The first-order valence-electron chi connectivity index (χ1n) is 24.6. The largest absolute Gasteiger partial charge is 0.490 e. The summed E-state index contributed by atoms with van der Waals surface area (Å²) >= 11 is 0. The van der Waals surface area contributed by atoms with Gasteiger partial charge >= 0.3 is 0 Å². The summed E-state index contributed by atoms with van der Waals surface area (Å²) in [4.78, 5) is 4.85. The van der Waals surface area contributed by atoms with Crippen molar-refractivity contribution in [3.63, 3.8) is 0 Å². The first kappa shape index (κ1) is 47.1. The molecule has 1 spiro atoms. The van der Waals surface area contributed by atoms with Crippen molar-refractivity contribution in [2.24, 2.45) is 0 Å². The van der Waals surface area contributed by atoms with Crippen LogP contribution in [-0.4, -0.2) is 31.4 Å². The predicted molar refractivity (Wildman–Crippen MR) is 268 cm³/mol. The molecule has 1 radical (unpaired) electrons. The number of rotatable bonds is 22. The second-order valence-electron chi connectivity index (χ2n) is 17.8. The number of ether oxygens (including phenoxy) is 4. The summed E-state index contributed by atoms with van der Waals surface area (Å²) in [7, 11) is 0. The summed E-state index contributed by atoms with van der Waals surface area (Å²) in [6, 6.07) is 45.7. The average Bonchev–Trinajstić information content (AvgIpc) is 3.79. The van der Waals surface area contributed by atoms with Crippen LogP contribution in [0.25, 0.3) is 55.4 Å². The quantitative estimate of drug-likeness (QED) is 0.0500. The van der Waals surface area contributed by atoms with Crippen molar-refractivity contribution < 1.29 is 39.1 Å². The van der Waals surface area contributed by atoms with Gasteiger partial charge in [-0.2, -0.15) is 0 Å². The van der Waals surface area contributed by atoms with Gasteiger partial charge in [0.15, 0.2) is 23.0 Å². The molecule has 0 fully saturated rings. The van der Waals surface area contributed by atoms with Crippen LogP contribution in [0.3, 0.4) is 0 Å². The summed E-state index contributed by atoms with van der Waals surface area (Å²) in [6.45, 7) is 11.5. The minimum atomic E-state index is -0.637. The van der Waals surface area contributed by atoms with E-state index in [1.165, 1.54) is 38.8 Å². The number of fused-ring (bicyclic) bond motifs is 11. The van der Waals surface area contributed by atoms with Crippen molar-refractivity contribution in [3.05, 3.63) is 150 Å². The van der Waals surface area contributed by atoms with Crippen LogP contribution in [0.1, 0.15) is 127 Å². The minimum absolute atomic E-state index is 0. The maximum absolute atomic E-state index is 6.77. The Labute approximate surface area is 406 Å². The Kier molecular flexibility index (Phi) is 15.6. The summed E-state index contributed by atoms with van der Waals surface area (Å²) < 4.78 is 26.9. The van der Waals surface area contributed by atoms with Crippen LogP contribution < -0.4 is 18.9 Å². The van der Waals surface area contributed by atoms with E-state index in [4.69, 9.17) is 23.9 Å². The second kappa shape index (κ2) is 21.9. The van der Waals surface area contributed by atoms with Crippen molar-refractivity contribution in [2.75, 3.05) is 26.4 Å². The van der Waals surface area contributed by atoms with E-state index in [0.717, 1.165) is 139 Å². The van der Waals surface area contributed by atoms with Gasteiger partial charge in [0, 0.05) is 26.3 Å². The van der Waals surface area contributed by atoms with E-state index < -0.39 is 5.41 Å². The van der Waals surface area contributed by atoms with Crippen molar-refractivity contribution in [1.29, 1.82) is 0 Å². The van der Waals surface area contributed by atoms with Gasteiger partial charge in [-0.25, -0.2) is 0 Å². The Morgan fingerprint density at radius 3 is 1.55 bits per heavy atom. The van der Waals surface area contributed by atoms with Crippen LogP contribution in [0.2, 0.25) is 0 Å². The van der Waals surface area contributed by atoms with Gasteiger partial charge in [-0.15, -0.1) is 35.4 Å². The fourth-order valence-corrected chi connectivity index (χ4v) is 10.1. The molecule has 0 saturated carbocycles. The molecule has 6 aromatic carbocycles. The molecule has 2 aliphatic carbocycles. The Bertz CT molecular complexity index is 2680. The molecule has 0 amide bonds. The summed E-state index contributed by atoms with van der Waals surface area (Å²) in [5, 5.41) is 2.29. The van der Waals surface area contributed by atoms with Crippen molar-refractivity contribution >= 4 is 10.8 Å². The average molecular weight is 1060 g/mol. The number of unbranched alkanes of at least 4 members (excludes halogenated alkanes) is 8. The van der Waals surface area contributed by atoms with Crippen molar-refractivity contribution in [2.45, 2.75) is 110 Å². The molecule has 0 saturated heterocycles. The zero-order valence-electron chi connectivity index (χ0n) is 39.3. The Balaban J connectivity index is 0.00000592. The molecule has 0 N–H and O–H groups in total. The SMILES string of the molecule is CCCCCOc1cc2c(cc1OCCCCC)C1(c3ccccc3-c3cc(-c4cc[c-]c(-c5nccc6ccccc56)c4)ccc31)c1cc(OCCCCC)c(OCCCCC)cc1-2.[Ir]. The molecule has 0 aliphatic heterocycles. The van der Waals surface area contributed by atoms with E-state index in [2.05, 4.69) is 143 Å². The molecule has 0 atom stereocenters. The predicted octanol–water partition coefficient (Wildman–Crippen LogP) is 16.0. The number of aromatic nitrogens is 1. The standard InChI is InChI=1S/C60H64NO4.Ir/c1-5-9-17-32-62-55-38-49-50-39-56(63-33-18-10-6-2)58(65-35-20-12-8-4)41-54(50)60(53(49)40-57(55)64-34-19-11-7-3)51-27-16-15-26-47(51)48-37-44(28-29-52(48)60)43-23-21-24-45(36-43)59-46-25-14-13-22-42(46)30-31-61-59;/h13-16,21-23,25-31,36-41H,5-12,17-20,32-35H2,1-4H3;/q-1;. The molecule has 6 heteroatoms. The van der Waals surface area contributed by atoms with Crippen molar-refractivity contribution in [3.8, 4) is 67.6 Å². The molecule has 5 nitrogen and oxygen atoms in total. The maximum Gasteiger partial charge on any atom is 0.161 e. The van der Waals surface area contributed by atoms with Gasteiger partial charge in [-0.3, -0.25) is 0 Å². The van der Waals surface area contributed by atoms with Gasteiger partial charge in [-0.05, 0) is 129 Å². The first-order valence-corrected chi connectivity index (χ1v) is 24.6. The number of hydrogen-bond acceptors (Lipinski definition) is 5. The first-order chi connectivity index (χ1) is 32.1. The third kappa shape index (κ3) is 9.16. The van der Waals surface area contributed by atoms with E-state index >= 15 is 0 Å². The molecule has 2 aliphatic rings. The van der Waals surface area contributed by atoms with Crippen LogP contribution in [0.15, 0.2) is 121 Å². The normalized spacial score (nSPS) is 12.6. The van der Waals surface area contributed by atoms with Crippen LogP contribution in [0, 0.1) is 6.07 Å². The van der Waals surface area contributed by atoms with Crippen molar-refractivity contribution in [1.82, 2.24) is 4.98 Å². The van der Waals surface area contributed by atoms with E-state index in [0.29, 0.717) is 26.4 Å². The number of pyridine rings is 1. The summed E-state index contributed by atoms with van der Waals surface area (Å²) in [5.74, 6) is 3.24. The molecule has 1 heterocycles. The van der Waals surface area contributed by atoms with E-state index in [9.17, 15) is 0 Å². The number of benzene rings is 6.